The molecule has 0 saturated heterocycles. The van der Waals surface area contributed by atoms with Crippen molar-refractivity contribution in [1.29, 1.82) is 5.41 Å². The van der Waals surface area contributed by atoms with Gasteiger partial charge >= 0.3 is 0 Å². The van der Waals surface area contributed by atoms with E-state index < -0.39 is 0 Å². The minimum atomic E-state index is 0.0841. The second-order valence-corrected chi connectivity index (χ2v) is 5.46. The number of nitrogens with zero attached hydrogens (tertiary/aromatic N) is 2. The lowest BCUT2D eigenvalue weighted by molar-refractivity contribution is 0.739. The van der Waals surface area contributed by atoms with Crippen LogP contribution in [-0.4, -0.2) is 15.4 Å². The van der Waals surface area contributed by atoms with Gasteiger partial charge in [-0.1, -0.05) is 36.4 Å². The van der Waals surface area contributed by atoms with Gasteiger partial charge < -0.3 is 16.0 Å². The molecule has 2 aromatic carbocycles. The molecule has 5 heteroatoms. The summed E-state index contributed by atoms with van der Waals surface area (Å²) in [5, 5.41) is 7.70. The number of nitrogens with one attached hydrogen (secondary N) is 1. The predicted octanol–water partition coefficient (Wildman–Crippen LogP) is 2.39. The van der Waals surface area contributed by atoms with Gasteiger partial charge in [-0.15, -0.1) is 0 Å². The first kappa shape index (κ1) is 14.8. The highest BCUT2D eigenvalue weighted by Gasteiger charge is 2.09. The summed E-state index contributed by atoms with van der Waals surface area (Å²) in [6, 6.07) is 15.5. The van der Waals surface area contributed by atoms with Crippen LogP contribution in [0.4, 0.5) is 5.69 Å². The molecule has 0 atom stereocenters. The van der Waals surface area contributed by atoms with Crippen LogP contribution in [0.3, 0.4) is 0 Å². The van der Waals surface area contributed by atoms with Gasteiger partial charge in [-0.25, -0.2) is 4.98 Å². The van der Waals surface area contributed by atoms with Crippen LogP contribution in [0.2, 0.25) is 0 Å². The van der Waals surface area contributed by atoms with E-state index in [0.29, 0.717) is 6.54 Å². The zero-order chi connectivity index (χ0) is 16.2. The predicted molar refractivity (Wildman–Crippen MR) is 92.4 cm³/mol. The van der Waals surface area contributed by atoms with Crippen LogP contribution >= 0.6 is 0 Å². The highest BCUT2D eigenvalue weighted by atomic mass is 15.1. The van der Waals surface area contributed by atoms with Crippen LogP contribution in [0.15, 0.2) is 60.9 Å². The van der Waals surface area contributed by atoms with E-state index in [0.717, 1.165) is 34.6 Å². The number of anilines is 1. The van der Waals surface area contributed by atoms with Crippen molar-refractivity contribution >= 4 is 11.5 Å². The number of nitrogens with two attached hydrogens (primary N) is 2. The minimum absolute atomic E-state index is 0.0841. The van der Waals surface area contributed by atoms with Crippen molar-refractivity contribution in [2.45, 2.75) is 13.0 Å². The number of imidazole rings is 1. The lowest BCUT2D eigenvalue weighted by atomic mass is 10.1. The molecule has 0 aliphatic rings. The summed E-state index contributed by atoms with van der Waals surface area (Å²) in [6.07, 6.45) is 4.47. The Morgan fingerprint density at radius 1 is 1.09 bits per heavy atom. The largest absolute Gasteiger partial charge is 0.399 e. The van der Waals surface area contributed by atoms with Crippen molar-refractivity contribution in [2.75, 3.05) is 5.73 Å². The Kier molecular flexibility index (Phi) is 4.10. The van der Waals surface area contributed by atoms with E-state index in [1.807, 2.05) is 54.7 Å². The van der Waals surface area contributed by atoms with Gasteiger partial charge in [0, 0.05) is 36.6 Å². The van der Waals surface area contributed by atoms with E-state index in [1.54, 1.807) is 6.20 Å². The molecule has 0 radical (unpaired) electrons. The van der Waals surface area contributed by atoms with Gasteiger partial charge in [0.15, 0.2) is 0 Å². The minimum Gasteiger partial charge on any atom is -0.399 e. The molecule has 5 nitrogen and oxygen atoms in total. The van der Waals surface area contributed by atoms with Gasteiger partial charge in [-0.05, 0) is 23.3 Å². The van der Waals surface area contributed by atoms with E-state index in [-0.39, 0.29) is 5.84 Å². The Hall–Kier alpha value is -3.08. The van der Waals surface area contributed by atoms with Crippen molar-refractivity contribution in [3.8, 4) is 0 Å². The van der Waals surface area contributed by atoms with Gasteiger partial charge in [-0.2, -0.15) is 0 Å². The van der Waals surface area contributed by atoms with Gasteiger partial charge in [0.1, 0.15) is 11.7 Å². The Morgan fingerprint density at radius 3 is 2.57 bits per heavy atom. The average molecular weight is 305 g/mol. The number of amidine groups is 1. The number of nitrogen functional groups attached to an aromatic ring is 2. The lowest BCUT2D eigenvalue weighted by Crippen LogP contribution is -2.15. The molecule has 0 unspecified atom stereocenters. The maximum atomic E-state index is 7.70. The number of benzene rings is 2. The molecule has 0 bridgehead atoms. The van der Waals surface area contributed by atoms with Crippen LogP contribution < -0.4 is 11.5 Å². The maximum Gasteiger partial charge on any atom is 0.123 e. The SMILES string of the molecule is N=C(N)c1ccccc1Cn1ccnc1Cc1ccc(N)cc1. The van der Waals surface area contributed by atoms with Gasteiger partial charge in [0.05, 0.1) is 0 Å². The van der Waals surface area contributed by atoms with Crippen LogP contribution in [-0.2, 0) is 13.0 Å². The first-order valence-corrected chi connectivity index (χ1v) is 7.40. The molecular formula is C18H19N5. The van der Waals surface area contributed by atoms with Gasteiger partial charge in [0.25, 0.3) is 0 Å². The van der Waals surface area contributed by atoms with E-state index in [4.69, 9.17) is 16.9 Å². The van der Waals surface area contributed by atoms with Crippen LogP contribution in [0.5, 0.6) is 0 Å². The molecule has 0 fully saturated rings. The summed E-state index contributed by atoms with van der Waals surface area (Å²) in [5.41, 5.74) is 15.1. The van der Waals surface area contributed by atoms with Gasteiger partial charge in [0.2, 0.25) is 0 Å². The fraction of sp³-hybridized carbons (Fsp3) is 0.111. The Bertz CT molecular complexity index is 817. The number of aromatic nitrogens is 2. The number of rotatable bonds is 5. The highest BCUT2D eigenvalue weighted by molar-refractivity contribution is 5.96. The Morgan fingerprint density at radius 2 is 1.83 bits per heavy atom. The molecule has 0 spiro atoms. The van der Waals surface area contributed by atoms with Crippen molar-refractivity contribution in [1.82, 2.24) is 9.55 Å². The van der Waals surface area contributed by atoms with Crippen molar-refractivity contribution < 1.29 is 0 Å². The lowest BCUT2D eigenvalue weighted by Gasteiger charge is -2.11. The average Bonchev–Trinajstić information content (AvgIpc) is 2.97. The first-order chi connectivity index (χ1) is 11.1. The van der Waals surface area contributed by atoms with Crippen LogP contribution in [0.25, 0.3) is 0 Å². The molecule has 116 valence electrons. The van der Waals surface area contributed by atoms with E-state index in [2.05, 4.69) is 9.55 Å². The number of hydrogen-bond acceptors (Lipinski definition) is 3. The van der Waals surface area contributed by atoms with Crippen molar-refractivity contribution in [3.05, 3.63) is 83.4 Å². The molecular weight excluding hydrogens is 286 g/mol. The topological polar surface area (TPSA) is 93.7 Å². The highest BCUT2D eigenvalue weighted by Crippen LogP contribution is 2.14. The second-order valence-electron chi connectivity index (χ2n) is 5.46. The number of hydrogen-bond donors (Lipinski definition) is 3. The summed E-state index contributed by atoms with van der Waals surface area (Å²) in [4.78, 5) is 4.45. The maximum absolute atomic E-state index is 7.70. The molecule has 0 amide bonds. The molecule has 0 aliphatic carbocycles. The summed E-state index contributed by atoms with van der Waals surface area (Å²) in [5.74, 6) is 1.05. The summed E-state index contributed by atoms with van der Waals surface area (Å²) >= 11 is 0. The summed E-state index contributed by atoms with van der Waals surface area (Å²) in [6.45, 7) is 0.639. The zero-order valence-electron chi connectivity index (χ0n) is 12.7. The molecule has 5 N–H and O–H groups in total. The molecule has 1 heterocycles. The molecule has 3 rings (SSSR count). The normalized spacial score (nSPS) is 10.6. The van der Waals surface area contributed by atoms with Crippen molar-refractivity contribution in [3.63, 3.8) is 0 Å². The third kappa shape index (κ3) is 3.40. The molecule has 23 heavy (non-hydrogen) atoms. The summed E-state index contributed by atoms with van der Waals surface area (Å²) < 4.78 is 2.08. The van der Waals surface area contributed by atoms with Gasteiger partial charge in [-0.3, -0.25) is 5.41 Å². The monoisotopic (exact) mass is 305 g/mol. The third-order valence-corrected chi connectivity index (χ3v) is 3.79. The first-order valence-electron chi connectivity index (χ1n) is 7.40. The Labute approximate surface area is 135 Å². The Balaban J connectivity index is 1.84. The fourth-order valence-electron chi connectivity index (χ4n) is 2.57. The van der Waals surface area contributed by atoms with E-state index in [9.17, 15) is 0 Å². The second kappa shape index (κ2) is 6.36. The van der Waals surface area contributed by atoms with Crippen molar-refractivity contribution in [2.24, 2.45) is 5.73 Å². The van der Waals surface area contributed by atoms with E-state index >= 15 is 0 Å². The standard InChI is InChI=1S/C18H19N5/c19-15-7-5-13(6-8-15)11-17-22-9-10-23(17)12-14-3-1-2-4-16(14)18(20)21/h1-10H,11-12,19H2,(H3,20,21). The zero-order valence-corrected chi connectivity index (χ0v) is 12.7. The van der Waals surface area contributed by atoms with E-state index in [1.165, 1.54) is 0 Å². The van der Waals surface area contributed by atoms with Crippen LogP contribution in [0.1, 0.15) is 22.5 Å². The quantitative estimate of drug-likeness (QED) is 0.384. The van der Waals surface area contributed by atoms with Crippen LogP contribution in [0, 0.1) is 5.41 Å². The molecule has 0 aliphatic heterocycles. The smallest absolute Gasteiger partial charge is 0.123 e. The molecule has 1 aromatic heterocycles. The third-order valence-electron chi connectivity index (χ3n) is 3.79. The molecule has 0 saturated carbocycles. The fourth-order valence-corrected chi connectivity index (χ4v) is 2.57. The summed E-state index contributed by atoms with van der Waals surface area (Å²) in [7, 11) is 0. The molecule has 3 aromatic rings.